The van der Waals surface area contributed by atoms with Crippen molar-refractivity contribution in [3.05, 3.63) is 39.6 Å². The Morgan fingerprint density at radius 3 is 3.00 bits per heavy atom. The molecular weight excluding hydrogens is 280 g/mol. The van der Waals surface area contributed by atoms with Crippen LogP contribution in [0, 0.1) is 0 Å². The molecule has 2 aromatic heterocycles. The van der Waals surface area contributed by atoms with E-state index < -0.39 is 0 Å². The van der Waals surface area contributed by atoms with Crippen molar-refractivity contribution in [3.8, 4) is 0 Å². The minimum absolute atomic E-state index is 0.196. The fraction of sp³-hybridized carbons (Fsp3) is 0.462. The Bertz CT molecular complexity index is 529. The molecule has 0 fully saturated rings. The lowest BCUT2D eigenvalue weighted by Crippen LogP contribution is -2.19. The summed E-state index contributed by atoms with van der Waals surface area (Å²) >= 11 is 7.63. The van der Waals surface area contributed by atoms with Crippen LogP contribution in [0.15, 0.2) is 18.5 Å². The highest BCUT2D eigenvalue weighted by molar-refractivity contribution is 7.05. The number of aromatic nitrogens is 3. The number of halogens is 1. The molecule has 0 radical (unpaired) electrons. The van der Waals surface area contributed by atoms with Gasteiger partial charge in [-0.1, -0.05) is 29.4 Å². The summed E-state index contributed by atoms with van der Waals surface area (Å²) in [4.78, 5) is 5.22. The van der Waals surface area contributed by atoms with Gasteiger partial charge in [0, 0.05) is 18.4 Å². The predicted octanol–water partition coefficient (Wildman–Crippen LogP) is 3.04. The summed E-state index contributed by atoms with van der Waals surface area (Å²) in [5, 5.41) is 8.26. The topological polar surface area (TPSA) is 50.7 Å². The summed E-state index contributed by atoms with van der Waals surface area (Å²) in [6.45, 7) is 2.15. The van der Waals surface area contributed by atoms with E-state index in [4.69, 9.17) is 11.6 Å². The van der Waals surface area contributed by atoms with Crippen molar-refractivity contribution < 1.29 is 0 Å². The molecule has 4 nitrogen and oxygen atoms in total. The van der Waals surface area contributed by atoms with Gasteiger partial charge in [-0.2, -0.15) is 0 Å². The third-order valence-corrected chi connectivity index (χ3v) is 4.24. The van der Waals surface area contributed by atoms with E-state index in [1.807, 2.05) is 13.1 Å². The Balaban J connectivity index is 2.20. The summed E-state index contributed by atoms with van der Waals surface area (Å²) in [5.41, 5.74) is 2.18. The van der Waals surface area contributed by atoms with Crippen molar-refractivity contribution in [1.29, 1.82) is 0 Å². The molecule has 1 unspecified atom stereocenters. The number of likely N-dealkylation sites (N-methyl/N-ethyl adjacent to an activating group) is 1. The number of nitrogens with zero attached hydrogens (tertiary/aromatic N) is 3. The van der Waals surface area contributed by atoms with Gasteiger partial charge in [0.1, 0.15) is 0 Å². The first-order chi connectivity index (χ1) is 9.26. The van der Waals surface area contributed by atoms with Gasteiger partial charge in [-0.25, -0.2) is 0 Å². The second-order valence-corrected chi connectivity index (χ2v) is 5.54. The zero-order chi connectivity index (χ0) is 13.7. The highest BCUT2D eigenvalue weighted by Gasteiger charge is 2.18. The predicted molar refractivity (Wildman–Crippen MR) is 78.7 cm³/mol. The maximum Gasteiger partial charge on any atom is 0.0803 e. The summed E-state index contributed by atoms with van der Waals surface area (Å²) in [7, 11) is 1.95. The molecule has 2 rings (SSSR count). The Labute approximate surface area is 122 Å². The van der Waals surface area contributed by atoms with Gasteiger partial charge in [0.05, 0.1) is 15.6 Å². The number of pyridine rings is 1. The molecule has 19 heavy (non-hydrogen) atoms. The fourth-order valence-corrected chi connectivity index (χ4v) is 3.01. The first-order valence-electron chi connectivity index (χ1n) is 6.33. The molecule has 0 spiro atoms. The van der Waals surface area contributed by atoms with E-state index in [1.54, 1.807) is 12.4 Å². The molecule has 6 heteroatoms. The zero-order valence-corrected chi connectivity index (χ0v) is 12.6. The SMILES string of the molecule is CCCc1nnsc1C(Cc1ccncc1Cl)NC. The lowest BCUT2D eigenvalue weighted by molar-refractivity contribution is 0.593. The van der Waals surface area contributed by atoms with Crippen LogP contribution in [-0.4, -0.2) is 21.6 Å². The quantitative estimate of drug-likeness (QED) is 0.890. The third-order valence-electron chi connectivity index (χ3n) is 3.02. The van der Waals surface area contributed by atoms with Gasteiger partial charge in [0.25, 0.3) is 0 Å². The van der Waals surface area contributed by atoms with E-state index >= 15 is 0 Å². The van der Waals surface area contributed by atoms with Crippen molar-refractivity contribution in [2.24, 2.45) is 0 Å². The molecule has 2 heterocycles. The second-order valence-electron chi connectivity index (χ2n) is 4.35. The monoisotopic (exact) mass is 296 g/mol. The van der Waals surface area contributed by atoms with Crippen LogP contribution in [0.25, 0.3) is 0 Å². The van der Waals surface area contributed by atoms with Crippen molar-refractivity contribution in [2.45, 2.75) is 32.2 Å². The average molecular weight is 297 g/mol. The maximum absolute atomic E-state index is 6.17. The summed E-state index contributed by atoms with van der Waals surface area (Å²) in [6, 6.07) is 2.15. The average Bonchev–Trinajstić information content (AvgIpc) is 2.86. The van der Waals surface area contributed by atoms with Crippen LogP contribution in [0.4, 0.5) is 0 Å². The molecule has 0 aromatic carbocycles. The second kappa shape index (κ2) is 6.93. The van der Waals surface area contributed by atoms with Crippen LogP contribution in [0.1, 0.15) is 35.5 Å². The lowest BCUT2D eigenvalue weighted by Gasteiger charge is -2.16. The first-order valence-corrected chi connectivity index (χ1v) is 7.48. The van der Waals surface area contributed by atoms with Gasteiger partial charge in [-0.15, -0.1) is 5.10 Å². The van der Waals surface area contributed by atoms with E-state index in [0.717, 1.165) is 30.5 Å². The molecule has 0 saturated heterocycles. The Kier molecular flexibility index (Phi) is 5.24. The van der Waals surface area contributed by atoms with Crippen molar-refractivity contribution in [1.82, 2.24) is 19.9 Å². The molecule has 0 aliphatic carbocycles. The van der Waals surface area contributed by atoms with E-state index in [-0.39, 0.29) is 6.04 Å². The standard InChI is InChI=1S/C13H17ClN4S/c1-3-4-11-13(19-18-17-11)12(15-2)7-9-5-6-16-8-10(9)14/h5-6,8,12,15H,3-4,7H2,1-2H3. The van der Waals surface area contributed by atoms with Gasteiger partial charge in [-0.3, -0.25) is 4.98 Å². The van der Waals surface area contributed by atoms with E-state index in [0.29, 0.717) is 5.02 Å². The molecule has 2 aromatic rings. The van der Waals surface area contributed by atoms with Crippen molar-refractivity contribution in [3.63, 3.8) is 0 Å². The number of hydrogen-bond donors (Lipinski definition) is 1. The van der Waals surface area contributed by atoms with Gasteiger partial charge >= 0.3 is 0 Å². The van der Waals surface area contributed by atoms with Gasteiger partial charge < -0.3 is 5.32 Å². The summed E-state index contributed by atoms with van der Waals surface area (Å²) < 4.78 is 4.08. The third kappa shape index (κ3) is 3.49. The number of hydrogen-bond acceptors (Lipinski definition) is 5. The molecule has 0 saturated carbocycles. The number of rotatable bonds is 6. The molecule has 0 amide bonds. The molecule has 0 bridgehead atoms. The smallest absolute Gasteiger partial charge is 0.0803 e. The Hall–Kier alpha value is -1.04. The molecular formula is C13H17ClN4S. The number of nitrogens with one attached hydrogen (secondary N) is 1. The van der Waals surface area contributed by atoms with Crippen LogP contribution in [-0.2, 0) is 12.8 Å². The van der Waals surface area contributed by atoms with Crippen LogP contribution in [0.5, 0.6) is 0 Å². The van der Waals surface area contributed by atoms with Crippen molar-refractivity contribution in [2.75, 3.05) is 7.05 Å². The van der Waals surface area contributed by atoms with E-state index in [1.165, 1.54) is 16.4 Å². The first kappa shape index (κ1) is 14.4. The fourth-order valence-electron chi connectivity index (χ4n) is 2.01. The van der Waals surface area contributed by atoms with Crippen LogP contribution in [0.2, 0.25) is 5.02 Å². The summed E-state index contributed by atoms with van der Waals surface area (Å²) in [6.07, 6.45) is 6.31. The highest BCUT2D eigenvalue weighted by atomic mass is 35.5. The number of aryl methyl sites for hydroxylation is 1. The molecule has 0 aliphatic rings. The molecule has 1 N–H and O–H groups in total. The molecule has 102 valence electrons. The summed E-state index contributed by atoms with van der Waals surface area (Å²) in [5.74, 6) is 0. The van der Waals surface area contributed by atoms with Crippen LogP contribution >= 0.6 is 23.1 Å². The highest BCUT2D eigenvalue weighted by Crippen LogP contribution is 2.27. The molecule has 1 atom stereocenters. The maximum atomic E-state index is 6.17. The Morgan fingerprint density at radius 2 is 2.32 bits per heavy atom. The largest absolute Gasteiger partial charge is 0.312 e. The van der Waals surface area contributed by atoms with Crippen molar-refractivity contribution >= 4 is 23.1 Å². The van der Waals surface area contributed by atoms with Crippen LogP contribution < -0.4 is 5.32 Å². The van der Waals surface area contributed by atoms with Gasteiger partial charge in [0.15, 0.2) is 0 Å². The van der Waals surface area contributed by atoms with Gasteiger partial charge in [-0.05, 0) is 43.1 Å². The Morgan fingerprint density at radius 1 is 1.47 bits per heavy atom. The normalized spacial score (nSPS) is 12.6. The van der Waals surface area contributed by atoms with Gasteiger partial charge in [0.2, 0.25) is 0 Å². The minimum atomic E-state index is 0.196. The minimum Gasteiger partial charge on any atom is -0.312 e. The van der Waals surface area contributed by atoms with E-state index in [9.17, 15) is 0 Å². The van der Waals surface area contributed by atoms with E-state index in [2.05, 4.69) is 26.8 Å². The lowest BCUT2D eigenvalue weighted by atomic mass is 10.0. The van der Waals surface area contributed by atoms with Crippen LogP contribution in [0.3, 0.4) is 0 Å². The molecule has 0 aliphatic heterocycles. The zero-order valence-electron chi connectivity index (χ0n) is 11.1.